The second-order valence-corrected chi connectivity index (χ2v) is 4.93. The van der Waals surface area contributed by atoms with Crippen molar-refractivity contribution in [3.8, 4) is 5.75 Å². The van der Waals surface area contributed by atoms with Crippen LogP contribution in [0, 0.1) is 0 Å². The minimum Gasteiger partial charge on any atom is -0.507 e. The number of halogens is 3. The number of alkyl halides is 3. The first-order valence-electron chi connectivity index (χ1n) is 6.27. The number of benzene rings is 2. The number of phenols is 1. The van der Waals surface area contributed by atoms with Crippen molar-refractivity contribution in [1.29, 1.82) is 0 Å². The summed E-state index contributed by atoms with van der Waals surface area (Å²) in [5.41, 5.74) is 0.496. The van der Waals surface area contributed by atoms with Gasteiger partial charge in [-0.1, -0.05) is 36.4 Å². The molecule has 2 nitrogen and oxygen atoms in total. The molecule has 0 aliphatic carbocycles. The molecule has 1 atom stereocenters. The first-order chi connectivity index (χ1) is 9.29. The average molecular weight is 283 g/mol. The molecule has 0 aliphatic rings. The van der Waals surface area contributed by atoms with Gasteiger partial charge in [0.15, 0.2) is 0 Å². The molecule has 2 rings (SSSR count). The average Bonchev–Trinajstić information content (AvgIpc) is 2.37. The van der Waals surface area contributed by atoms with E-state index in [2.05, 4.69) is 0 Å². The first-order valence-corrected chi connectivity index (χ1v) is 6.27. The van der Waals surface area contributed by atoms with Crippen molar-refractivity contribution in [2.24, 2.45) is 0 Å². The van der Waals surface area contributed by atoms with Gasteiger partial charge in [0, 0.05) is 17.0 Å². The number of nitrogens with zero attached hydrogens (tertiary/aromatic N) is 1. The molecule has 2 aromatic carbocycles. The number of hydrogen-bond acceptors (Lipinski definition) is 2. The first kappa shape index (κ1) is 14.7. The Morgan fingerprint density at radius 1 is 1.15 bits per heavy atom. The third-order valence-corrected chi connectivity index (χ3v) is 3.47. The summed E-state index contributed by atoms with van der Waals surface area (Å²) in [4.78, 5) is 1.17. The molecular formula is C15H16F3NO. The molecule has 0 spiro atoms. The SMILES string of the molecule is CC(c1ccc2ccccc2c1O)N(C)CC(F)(F)F. The second-order valence-electron chi connectivity index (χ2n) is 4.93. The molecule has 0 saturated carbocycles. The van der Waals surface area contributed by atoms with Crippen molar-refractivity contribution < 1.29 is 18.3 Å². The Morgan fingerprint density at radius 3 is 2.45 bits per heavy atom. The Bertz CT molecular complexity index is 610. The predicted octanol–water partition coefficient (Wildman–Crippen LogP) is 4.10. The maximum absolute atomic E-state index is 12.4. The molecule has 0 bridgehead atoms. The van der Waals surface area contributed by atoms with Crippen molar-refractivity contribution in [3.05, 3.63) is 42.0 Å². The molecule has 0 radical (unpaired) electrons. The molecule has 0 heterocycles. The molecule has 0 fully saturated rings. The minimum atomic E-state index is -4.25. The van der Waals surface area contributed by atoms with Gasteiger partial charge in [-0.3, -0.25) is 4.90 Å². The highest BCUT2D eigenvalue weighted by Gasteiger charge is 2.31. The molecule has 1 N–H and O–H groups in total. The van der Waals surface area contributed by atoms with Crippen LogP contribution in [0.5, 0.6) is 5.75 Å². The molecule has 108 valence electrons. The maximum Gasteiger partial charge on any atom is 0.401 e. The van der Waals surface area contributed by atoms with E-state index in [1.807, 2.05) is 18.2 Å². The lowest BCUT2D eigenvalue weighted by molar-refractivity contribution is -0.147. The van der Waals surface area contributed by atoms with Crippen LogP contribution in [0.4, 0.5) is 13.2 Å². The van der Waals surface area contributed by atoms with Gasteiger partial charge in [0.1, 0.15) is 5.75 Å². The highest BCUT2D eigenvalue weighted by atomic mass is 19.4. The summed E-state index contributed by atoms with van der Waals surface area (Å²) < 4.78 is 37.3. The van der Waals surface area contributed by atoms with Crippen molar-refractivity contribution >= 4 is 10.8 Å². The normalized spacial score (nSPS) is 13.9. The van der Waals surface area contributed by atoms with E-state index in [4.69, 9.17) is 0 Å². The van der Waals surface area contributed by atoms with Crippen LogP contribution < -0.4 is 0 Å². The molecule has 0 aliphatic heterocycles. The molecule has 0 aromatic heterocycles. The van der Waals surface area contributed by atoms with Gasteiger partial charge in [-0.25, -0.2) is 0 Å². The predicted molar refractivity (Wildman–Crippen MR) is 72.7 cm³/mol. The summed E-state index contributed by atoms with van der Waals surface area (Å²) in [5, 5.41) is 11.8. The highest BCUT2D eigenvalue weighted by Crippen LogP contribution is 2.35. The summed E-state index contributed by atoms with van der Waals surface area (Å²) in [7, 11) is 1.40. The quantitative estimate of drug-likeness (QED) is 0.916. The fourth-order valence-corrected chi connectivity index (χ4v) is 2.27. The van der Waals surface area contributed by atoms with Crippen LogP contribution in [0.2, 0.25) is 0 Å². The zero-order valence-electron chi connectivity index (χ0n) is 11.3. The lowest BCUT2D eigenvalue weighted by Crippen LogP contribution is -2.33. The molecular weight excluding hydrogens is 267 g/mol. The molecule has 0 saturated heterocycles. The topological polar surface area (TPSA) is 23.5 Å². The molecule has 0 amide bonds. The van der Waals surface area contributed by atoms with E-state index in [1.54, 1.807) is 25.1 Å². The summed E-state index contributed by atoms with van der Waals surface area (Å²) in [6.07, 6.45) is -4.25. The monoisotopic (exact) mass is 283 g/mol. The van der Waals surface area contributed by atoms with Gasteiger partial charge < -0.3 is 5.11 Å². The largest absolute Gasteiger partial charge is 0.507 e. The Morgan fingerprint density at radius 2 is 1.80 bits per heavy atom. The van der Waals surface area contributed by atoms with E-state index < -0.39 is 18.8 Å². The third kappa shape index (κ3) is 3.04. The van der Waals surface area contributed by atoms with Gasteiger partial charge in [-0.15, -0.1) is 0 Å². The van der Waals surface area contributed by atoms with Crippen LogP contribution in [0.25, 0.3) is 10.8 Å². The standard InChI is InChI=1S/C15H16F3NO/c1-10(19(2)9-15(16,17)18)12-8-7-11-5-3-4-6-13(11)14(12)20/h3-8,10,20H,9H2,1-2H3. The Labute approximate surface area is 115 Å². The van der Waals surface area contributed by atoms with E-state index >= 15 is 0 Å². The number of hydrogen-bond donors (Lipinski definition) is 1. The van der Waals surface area contributed by atoms with E-state index in [0.29, 0.717) is 10.9 Å². The van der Waals surface area contributed by atoms with Crippen molar-refractivity contribution in [3.63, 3.8) is 0 Å². The van der Waals surface area contributed by atoms with Crippen LogP contribution in [0.1, 0.15) is 18.5 Å². The van der Waals surface area contributed by atoms with Gasteiger partial charge >= 0.3 is 6.18 Å². The zero-order valence-corrected chi connectivity index (χ0v) is 11.3. The smallest absolute Gasteiger partial charge is 0.401 e. The van der Waals surface area contributed by atoms with E-state index in [-0.39, 0.29) is 5.75 Å². The second kappa shape index (κ2) is 5.32. The van der Waals surface area contributed by atoms with E-state index in [9.17, 15) is 18.3 Å². The van der Waals surface area contributed by atoms with Gasteiger partial charge in [0.25, 0.3) is 0 Å². The fourth-order valence-electron chi connectivity index (χ4n) is 2.27. The van der Waals surface area contributed by atoms with Crippen LogP contribution in [0.15, 0.2) is 36.4 Å². The maximum atomic E-state index is 12.4. The summed E-state index contributed by atoms with van der Waals surface area (Å²) >= 11 is 0. The fraction of sp³-hybridized carbons (Fsp3) is 0.333. The van der Waals surface area contributed by atoms with Gasteiger partial charge in [0.05, 0.1) is 6.54 Å². The van der Waals surface area contributed by atoms with Crippen LogP contribution in [-0.2, 0) is 0 Å². The number of aromatic hydroxyl groups is 1. The van der Waals surface area contributed by atoms with Crippen molar-refractivity contribution in [2.45, 2.75) is 19.1 Å². The van der Waals surface area contributed by atoms with Crippen molar-refractivity contribution in [2.75, 3.05) is 13.6 Å². The third-order valence-electron chi connectivity index (χ3n) is 3.47. The van der Waals surface area contributed by atoms with Crippen molar-refractivity contribution in [1.82, 2.24) is 4.90 Å². The molecule has 2 aromatic rings. The Hall–Kier alpha value is -1.75. The van der Waals surface area contributed by atoms with Crippen LogP contribution >= 0.6 is 0 Å². The van der Waals surface area contributed by atoms with Gasteiger partial charge in [-0.2, -0.15) is 13.2 Å². The summed E-state index contributed by atoms with van der Waals surface area (Å²) in [5.74, 6) is 0.0459. The lowest BCUT2D eigenvalue weighted by Gasteiger charge is -2.26. The molecule has 20 heavy (non-hydrogen) atoms. The number of phenolic OH excluding ortho intramolecular Hbond substituents is 1. The van der Waals surface area contributed by atoms with Crippen LogP contribution in [0.3, 0.4) is 0 Å². The van der Waals surface area contributed by atoms with Gasteiger partial charge in [-0.05, 0) is 19.4 Å². The van der Waals surface area contributed by atoms with Crippen LogP contribution in [-0.4, -0.2) is 29.8 Å². The van der Waals surface area contributed by atoms with E-state index in [0.717, 1.165) is 5.39 Å². The Kier molecular flexibility index (Phi) is 3.90. The van der Waals surface area contributed by atoms with E-state index in [1.165, 1.54) is 11.9 Å². The number of rotatable bonds is 3. The Balaban J connectivity index is 2.35. The minimum absolute atomic E-state index is 0.0459. The molecule has 5 heteroatoms. The zero-order chi connectivity index (χ0) is 14.9. The summed E-state index contributed by atoms with van der Waals surface area (Å²) in [6.45, 7) is 0.635. The lowest BCUT2D eigenvalue weighted by atomic mass is 10.0. The van der Waals surface area contributed by atoms with Gasteiger partial charge in [0.2, 0.25) is 0 Å². The molecule has 1 unspecified atom stereocenters. The highest BCUT2D eigenvalue weighted by molar-refractivity contribution is 5.89. The summed E-state index contributed by atoms with van der Waals surface area (Å²) in [6, 6.07) is 10.2. The number of fused-ring (bicyclic) bond motifs is 1.